The van der Waals surface area contributed by atoms with Crippen LogP contribution in [0.5, 0.6) is 5.06 Å². The standard InChI is InChI=1S/C9H4ClNOS/c10-7-1-2-8-5(6(7)4-11)3-9(12)13-8/h1-3,12H. The molecule has 2 aromatic rings. The van der Waals surface area contributed by atoms with E-state index in [1.807, 2.05) is 6.07 Å². The van der Waals surface area contributed by atoms with E-state index in [1.54, 1.807) is 18.2 Å². The fraction of sp³-hybridized carbons (Fsp3) is 0. The molecule has 0 atom stereocenters. The first-order chi connectivity index (χ1) is 6.22. The molecule has 1 aromatic heterocycles. The van der Waals surface area contributed by atoms with Gasteiger partial charge < -0.3 is 5.11 Å². The summed E-state index contributed by atoms with van der Waals surface area (Å²) in [6, 6.07) is 7.03. The molecule has 1 aromatic carbocycles. The van der Waals surface area contributed by atoms with Crippen molar-refractivity contribution in [3.63, 3.8) is 0 Å². The van der Waals surface area contributed by atoms with Crippen LogP contribution in [0.15, 0.2) is 18.2 Å². The van der Waals surface area contributed by atoms with Crippen molar-refractivity contribution in [1.82, 2.24) is 0 Å². The van der Waals surface area contributed by atoms with Crippen LogP contribution in [0.2, 0.25) is 5.02 Å². The maximum Gasteiger partial charge on any atom is 0.172 e. The molecule has 0 amide bonds. The Morgan fingerprint density at radius 3 is 2.92 bits per heavy atom. The summed E-state index contributed by atoms with van der Waals surface area (Å²) in [4.78, 5) is 0. The van der Waals surface area contributed by atoms with Crippen molar-refractivity contribution in [3.05, 3.63) is 28.8 Å². The van der Waals surface area contributed by atoms with Crippen LogP contribution in [0.3, 0.4) is 0 Å². The van der Waals surface area contributed by atoms with Gasteiger partial charge in [-0.2, -0.15) is 5.26 Å². The minimum absolute atomic E-state index is 0.203. The smallest absolute Gasteiger partial charge is 0.172 e. The number of aromatic hydroxyl groups is 1. The summed E-state index contributed by atoms with van der Waals surface area (Å²) in [7, 11) is 0. The lowest BCUT2D eigenvalue weighted by Crippen LogP contribution is -1.76. The fourth-order valence-electron chi connectivity index (χ4n) is 1.19. The van der Waals surface area contributed by atoms with Gasteiger partial charge in [-0.25, -0.2) is 0 Å². The minimum Gasteiger partial charge on any atom is -0.499 e. The molecule has 1 heterocycles. The molecule has 4 heteroatoms. The van der Waals surface area contributed by atoms with Crippen molar-refractivity contribution in [1.29, 1.82) is 5.26 Å². The summed E-state index contributed by atoms with van der Waals surface area (Å²) >= 11 is 7.05. The third-order valence-corrected chi connectivity index (χ3v) is 2.97. The molecule has 0 fully saturated rings. The van der Waals surface area contributed by atoms with Crippen molar-refractivity contribution in [2.45, 2.75) is 0 Å². The van der Waals surface area contributed by atoms with E-state index in [4.69, 9.17) is 16.9 Å². The van der Waals surface area contributed by atoms with Crippen LogP contribution in [0.1, 0.15) is 5.56 Å². The number of nitriles is 1. The third-order valence-electron chi connectivity index (χ3n) is 1.75. The number of benzene rings is 1. The predicted octanol–water partition coefficient (Wildman–Crippen LogP) is 3.13. The van der Waals surface area contributed by atoms with E-state index in [-0.39, 0.29) is 5.06 Å². The average molecular weight is 210 g/mol. The number of hydrogen-bond acceptors (Lipinski definition) is 3. The first kappa shape index (κ1) is 8.36. The van der Waals surface area contributed by atoms with Gasteiger partial charge in [0.05, 0.1) is 10.6 Å². The van der Waals surface area contributed by atoms with E-state index in [1.165, 1.54) is 11.3 Å². The highest BCUT2D eigenvalue weighted by molar-refractivity contribution is 7.20. The van der Waals surface area contributed by atoms with Gasteiger partial charge in [-0.15, -0.1) is 0 Å². The predicted molar refractivity (Wildman–Crippen MR) is 53.2 cm³/mol. The van der Waals surface area contributed by atoms with Gasteiger partial charge in [-0.05, 0) is 12.1 Å². The highest BCUT2D eigenvalue weighted by Crippen LogP contribution is 2.35. The first-order valence-electron chi connectivity index (χ1n) is 3.53. The van der Waals surface area contributed by atoms with Gasteiger partial charge in [-0.1, -0.05) is 22.9 Å². The number of hydrogen-bond donors (Lipinski definition) is 1. The van der Waals surface area contributed by atoms with Gasteiger partial charge >= 0.3 is 0 Å². The number of halogens is 1. The second kappa shape index (κ2) is 2.91. The first-order valence-corrected chi connectivity index (χ1v) is 4.73. The maximum absolute atomic E-state index is 9.23. The summed E-state index contributed by atoms with van der Waals surface area (Å²) < 4.78 is 0.874. The molecule has 0 saturated heterocycles. The lowest BCUT2D eigenvalue weighted by molar-refractivity contribution is 0.491. The highest BCUT2D eigenvalue weighted by atomic mass is 35.5. The van der Waals surface area contributed by atoms with Crippen LogP contribution < -0.4 is 0 Å². The molecule has 1 N–H and O–H groups in total. The van der Waals surface area contributed by atoms with Gasteiger partial charge in [0.15, 0.2) is 5.06 Å². The molecule has 0 unspecified atom stereocenters. The van der Waals surface area contributed by atoms with Crippen LogP contribution in [0.25, 0.3) is 10.1 Å². The quantitative estimate of drug-likeness (QED) is 0.725. The molecule has 13 heavy (non-hydrogen) atoms. The van der Waals surface area contributed by atoms with Gasteiger partial charge in [0.25, 0.3) is 0 Å². The van der Waals surface area contributed by atoms with E-state index in [0.717, 1.165) is 10.1 Å². The average Bonchev–Trinajstić information content (AvgIpc) is 2.45. The van der Waals surface area contributed by atoms with E-state index in [0.29, 0.717) is 10.6 Å². The zero-order valence-corrected chi connectivity index (χ0v) is 7.99. The van der Waals surface area contributed by atoms with Gasteiger partial charge in [0, 0.05) is 16.2 Å². The summed E-state index contributed by atoms with van der Waals surface area (Å²) in [5, 5.41) is 19.4. The van der Waals surface area contributed by atoms with E-state index in [9.17, 15) is 5.11 Å². The Hall–Kier alpha value is -1.24. The lowest BCUT2D eigenvalue weighted by Gasteiger charge is -1.94. The molecule has 0 aliphatic heterocycles. The Kier molecular flexibility index (Phi) is 1.87. The summed E-state index contributed by atoms with van der Waals surface area (Å²) in [5.41, 5.74) is 0.427. The maximum atomic E-state index is 9.23. The molecular weight excluding hydrogens is 206 g/mol. The molecule has 0 aliphatic rings. The van der Waals surface area contributed by atoms with Gasteiger partial charge in [0.2, 0.25) is 0 Å². The van der Waals surface area contributed by atoms with Crippen LogP contribution in [-0.2, 0) is 0 Å². The van der Waals surface area contributed by atoms with Crippen molar-refractivity contribution < 1.29 is 5.11 Å². The Bertz CT molecular complexity index is 512. The minimum atomic E-state index is 0.203. The largest absolute Gasteiger partial charge is 0.499 e. The fourth-order valence-corrected chi connectivity index (χ4v) is 2.20. The van der Waals surface area contributed by atoms with E-state index in [2.05, 4.69) is 0 Å². The Morgan fingerprint density at radius 2 is 2.23 bits per heavy atom. The normalized spacial score (nSPS) is 10.2. The van der Waals surface area contributed by atoms with Gasteiger partial charge in [0.1, 0.15) is 6.07 Å². The van der Waals surface area contributed by atoms with Crippen molar-refractivity contribution in [2.24, 2.45) is 0 Å². The topological polar surface area (TPSA) is 44.0 Å². The van der Waals surface area contributed by atoms with Crippen molar-refractivity contribution in [3.8, 4) is 11.1 Å². The van der Waals surface area contributed by atoms with Crippen LogP contribution >= 0.6 is 22.9 Å². The number of fused-ring (bicyclic) bond motifs is 1. The Balaban J connectivity index is 2.93. The zero-order valence-electron chi connectivity index (χ0n) is 6.41. The molecule has 2 rings (SSSR count). The molecule has 2 nitrogen and oxygen atoms in total. The SMILES string of the molecule is N#Cc1c(Cl)ccc2sc(O)cc12. The molecule has 64 valence electrons. The molecule has 0 saturated carbocycles. The van der Waals surface area contributed by atoms with Crippen LogP contribution in [0.4, 0.5) is 0 Å². The third kappa shape index (κ3) is 1.24. The second-order valence-electron chi connectivity index (χ2n) is 2.53. The second-order valence-corrected chi connectivity index (χ2v) is 4.00. The zero-order chi connectivity index (χ0) is 9.42. The van der Waals surface area contributed by atoms with Gasteiger partial charge in [-0.3, -0.25) is 0 Å². The van der Waals surface area contributed by atoms with E-state index >= 15 is 0 Å². The van der Waals surface area contributed by atoms with Crippen molar-refractivity contribution in [2.75, 3.05) is 0 Å². The Labute approximate surface area is 83.6 Å². The van der Waals surface area contributed by atoms with Crippen LogP contribution in [0, 0.1) is 11.3 Å². The Morgan fingerprint density at radius 1 is 1.46 bits per heavy atom. The molecular formula is C9H4ClNOS. The van der Waals surface area contributed by atoms with Crippen molar-refractivity contribution >= 4 is 33.0 Å². The monoisotopic (exact) mass is 209 g/mol. The summed E-state index contributed by atoms with van der Waals surface area (Å²) in [6.07, 6.45) is 0. The number of thiophene rings is 1. The van der Waals surface area contributed by atoms with E-state index < -0.39 is 0 Å². The summed E-state index contributed by atoms with van der Waals surface area (Å²) in [5.74, 6) is 0. The lowest BCUT2D eigenvalue weighted by atomic mass is 10.1. The number of nitrogens with zero attached hydrogens (tertiary/aromatic N) is 1. The highest BCUT2D eigenvalue weighted by Gasteiger charge is 2.08. The van der Waals surface area contributed by atoms with Crippen LogP contribution in [-0.4, -0.2) is 5.11 Å². The summed E-state index contributed by atoms with van der Waals surface area (Å²) in [6.45, 7) is 0. The molecule has 0 bridgehead atoms. The molecule has 0 radical (unpaired) electrons. The molecule has 0 spiro atoms. The molecule has 0 aliphatic carbocycles. The number of rotatable bonds is 0.